The molecule has 1 aromatic rings. The topological polar surface area (TPSA) is 100 Å². The molecule has 6 heteroatoms. The van der Waals surface area contributed by atoms with Crippen LogP contribution >= 0.6 is 0 Å². The van der Waals surface area contributed by atoms with Gasteiger partial charge < -0.3 is 21.2 Å². The van der Waals surface area contributed by atoms with E-state index in [9.17, 15) is 4.79 Å². The minimum absolute atomic E-state index is 0.254. The van der Waals surface area contributed by atoms with Gasteiger partial charge in [0.2, 0.25) is 0 Å². The number of allylic oxidation sites excluding steroid dienone is 1. The Bertz CT molecular complexity index is 514. The monoisotopic (exact) mass is 304 g/mol. The highest BCUT2D eigenvalue weighted by Gasteiger charge is 2.14. The maximum absolute atomic E-state index is 11.9. The first kappa shape index (κ1) is 17.7. The summed E-state index contributed by atoms with van der Waals surface area (Å²) in [6, 6.07) is 9.06. The van der Waals surface area contributed by atoms with Gasteiger partial charge in [-0.2, -0.15) is 0 Å². The van der Waals surface area contributed by atoms with Crippen LogP contribution < -0.4 is 16.4 Å². The van der Waals surface area contributed by atoms with E-state index in [4.69, 9.17) is 15.9 Å². The Hall–Kier alpha value is -2.34. The third-order valence-corrected chi connectivity index (χ3v) is 3.06. The highest BCUT2D eigenvalue weighted by atomic mass is 16.5. The molecule has 0 spiro atoms. The summed E-state index contributed by atoms with van der Waals surface area (Å²) in [5, 5.41) is 13.3. The molecular formula is C16H24N4O2. The van der Waals surface area contributed by atoms with Crippen LogP contribution in [0.15, 0.2) is 41.7 Å². The Labute approximate surface area is 131 Å². The van der Waals surface area contributed by atoms with Crippen molar-refractivity contribution in [3.8, 4) is 0 Å². The third kappa shape index (κ3) is 5.97. The number of nitrogens with one attached hydrogen (secondary N) is 3. The molecule has 0 heterocycles. The third-order valence-electron chi connectivity index (χ3n) is 3.06. The maximum Gasteiger partial charge on any atom is 0.323 e. The predicted molar refractivity (Wildman–Crippen MR) is 87.4 cm³/mol. The molecule has 0 amide bonds. The van der Waals surface area contributed by atoms with Crippen LogP contribution in [0.4, 0.5) is 0 Å². The lowest BCUT2D eigenvalue weighted by molar-refractivity contribution is -0.147. The Morgan fingerprint density at radius 2 is 2.09 bits per heavy atom. The van der Waals surface area contributed by atoms with E-state index < -0.39 is 6.04 Å². The molecule has 0 aliphatic heterocycles. The van der Waals surface area contributed by atoms with Gasteiger partial charge in [0.25, 0.3) is 0 Å². The van der Waals surface area contributed by atoms with Crippen LogP contribution in [-0.4, -0.2) is 31.3 Å². The van der Waals surface area contributed by atoms with Crippen molar-refractivity contribution in [2.75, 3.05) is 13.1 Å². The van der Waals surface area contributed by atoms with Crippen molar-refractivity contribution in [3.05, 3.63) is 47.3 Å². The highest BCUT2D eigenvalue weighted by molar-refractivity contribution is 5.76. The number of esters is 1. The van der Waals surface area contributed by atoms with E-state index in [1.165, 1.54) is 0 Å². The van der Waals surface area contributed by atoms with Crippen LogP contribution in [-0.2, 0) is 16.1 Å². The van der Waals surface area contributed by atoms with Crippen LogP contribution in [0, 0.1) is 5.41 Å². The molecule has 1 atom stereocenters. The average Bonchev–Trinajstić information content (AvgIpc) is 2.56. The Morgan fingerprint density at radius 1 is 1.41 bits per heavy atom. The minimum atomic E-state index is -0.462. The van der Waals surface area contributed by atoms with E-state index in [0.29, 0.717) is 24.5 Å². The number of nitrogens with two attached hydrogens (primary N) is 1. The van der Waals surface area contributed by atoms with Gasteiger partial charge in [0.1, 0.15) is 12.6 Å². The second-order valence-corrected chi connectivity index (χ2v) is 4.80. The summed E-state index contributed by atoms with van der Waals surface area (Å²) >= 11 is 0. The van der Waals surface area contributed by atoms with Crippen molar-refractivity contribution >= 4 is 12.2 Å². The smallest absolute Gasteiger partial charge is 0.323 e. The molecule has 0 radical (unpaired) electrons. The zero-order chi connectivity index (χ0) is 16.4. The maximum atomic E-state index is 11.9. The number of hydrogen-bond acceptors (Lipinski definition) is 6. The van der Waals surface area contributed by atoms with E-state index in [0.717, 1.165) is 11.8 Å². The second-order valence-electron chi connectivity index (χ2n) is 4.80. The van der Waals surface area contributed by atoms with Gasteiger partial charge in [-0.25, -0.2) is 0 Å². The van der Waals surface area contributed by atoms with Crippen LogP contribution in [0.2, 0.25) is 0 Å². The molecule has 1 aromatic carbocycles. The largest absolute Gasteiger partial charge is 0.460 e. The van der Waals surface area contributed by atoms with Crippen LogP contribution in [0.3, 0.4) is 0 Å². The van der Waals surface area contributed by atoms with Gasteiger partial charge in [0.05, 0.1) is 5.70 Å². The van der Waals surface area contributed by atoms with Crippen LogP contribution in [0.5, 0.6) is 0 Å². The molecule has 0 aromatic heterocycles. The van der Waals surface area contributed by atoms with E-state index in [1.807, 2.05) is 37.3 Å². The van der Waals surface area contributed by atoms with Gasteiger partial charge in [-0.05, 0) is 19.4 Å². The lowest BCUT2D eigenvalue weighted by Crippen LogP contribution is -2.39. The molecule has 0 fully saturated rings. The van der Waals surface area contributed by atoms with Gasteiger partial charge >= 0.3 is 5.97 Å². The van der Waals surface area contributed by atoms with E-state index in [1.54, 1.807) is 6.92 Å². The van der Waals surface area contributed by atoms with E-state index >= 15 is 0 Å². The number of hydrogen-bond donors (Lipinski definition) is 4. The summed E-state index contributed by atoms with van der Waals surface area (Å²) in [5.41, 5.74) is 7.71. The van der Waals surface area contributed by atoms with Gasteiger partial charge in [-0.15, -0.1) is 0 Å². The van der Waals surface area contributed by atoms with Crippen LogP contribution in [0.25, 0.3) is 0 Å². The standard InChI is InChI=1S/C16H24N4O2/c1-3-19-15(14(18)9-17)10-20-12(2)16(21)22-11-13-7-5-4-6-8-13/h4-9,12,17,19-20H,3,10-11,18H2,1-2H3/b15-14+,17-9?. The Balaban J connectivity index is 2.45. The number of rotatable bonds is 9. The Morgan fingerprint density at radius 3 is 2.68 bits per heavy atom. The molecule has 5 N–H and O–H groups in total. The molecule has 0 saturated carbocycles. The summed E-state index contributed by atoms with van der Waals surface area (Å²) < 4.78 is 5.25. The first-order chi connectivity index (χ1) is 10.6. The normalized spacial score (nSPS) is 13.0. The molecule has 0 aliphatic carbocycles. The van der Waals surface area contributed by atoms with Gasteiger partial charge in [0, 0.05) is 25.0 Å². The molecule has 0 aliphatic rings. The van der Waals surface area contributed by atoms with Gasteiger partial charge in [-0.1, -0.05) is 30.3 Å². The molecule has 0 bridgehead atoms. The van der Waals surface area contributed by atoms with Crippen molar-refractivity contribution in [1.29, 1.82) is 5.41 Å². The predicted octanol–water partition coefficient (Wildman–Crippen LogP) is 1.14. The number of ether oxygens (including phenoxy) is 1. The summed E-state index contributed by atoms with van der Waals surface area (Å²) in [6.07, 6.45) is 1.08. The number of carbonyl (C=O) groups is 1. The fourth-order valence-electron chi connectivity index (χ4n) is 1.76. The molecule has 22 heavy (non-hydrogen) atoms. The fraction of sp³-hybridized carbons (Fsp3) is 0.375. The van der Waals surface area contributed by atoms with Gasteiger partial charge in [0.15, 0.2) is 0 Å². The van der Waals surface area contributed by atoms with Crippen molar-refractivity contribution in [2.45, 2.75) is 26.5 Å². The van der Waals surface area contributed by atoms with E-state index in [2.05, 4.69) is 10.6 Å². The quantitative estimate of drug-likeness (QED) is 0.405. The summed E-state index contributed by atoms with van der Waals surface area (Å²) in [4.78, 5) is 11.9. The average molecular weight is 304 g/mol. The first-order valence-corrected chi connectivity index (χ1v) is 7.25. The summed E-state index contributed by atoms with van der Waals surface area (Å²) in [7, 11) is 0. The Kier molecular flexibility index (Phi) is 7.70. The molecule has 0 saturated heterocycles. The van der Waals surface area contributed by atoms with E-state index in [-0.39, 0.29) is 12.6 Å². The highest BCUT2D eigenvalue weighted by Crippen LogP contribution is 2.02. The second kappa shape index (κ2) is 9.57. The number of likely N-dealkylation sites (N-methyl/N-ethyl adjacent to an activating group) is 1. The zero-order valence-electron chi connectivity index (χ0n) is 13.1. The summed E-state index contributed by atoms with van der Waals surface area (Å²) in [5.74, 6) is -0.326. The van der Waals surface area contributed by atoms with Crippen LogP contribution in [0.1, 0.15) is 19.4 Å². The summed E-state index contributed by atoms with van der Waals surface area (Å²) in [6.45, 7) is 4.99. The minimum Gasteiger partial charge on any atom is -0.460 e. The van der Waals surface area contributed by atoms with Crippen molar-refractivity contribution in [1.82, 2.24) is 10.6 Å². The number of carbonyl (C=O) groups excluding carboxylic acids is 1. The molecule has 6 nitrogen and oxygen atoms in total. The zero-order valence-corrected chi connectivity index (χ0v) is 13.1. The first-order valence-electron chi connectivity index (χ1n) is 7.25. The van der Waals surface area contributed by atoms with Crippen molar-refractivity contribution in [2.24, 2.45) is 5.73 Å². The molecular weight excluding hydrogens is 280 g/mol. The number of benzene rings is 1. The molecule has 1 unspecified atom stereocenters. The lowest BCUT2D eigenvalue weighted by Gasteiger charge is -2.16. The van der Waals surface area contributed by atoms with Crippen molar-refractivity contribution in [3.63, 3.8) is 0 Å². The molecule has 1 rings (SSSR count). The SMILES string of the molecule is CCN/C(CNC(C)C(=O)OCc1ccccc1)=C(/N)C=N. The van der Waals surface area contributed by atoms with Crippen molar-refractivity contribution < 1.29 is 9.53 Å². The fourth-order valence-corrected chi connectivity index (χ4v) is 1.76. The molecule has 120 valence electrons. The van der Waals surface area contributed by atoms with Gasteiger partial charge in [-0.3, -0.25) is 10.1 Å². The lowest BCUT2D eigenvalue weighted by atomic mass is 10.2.